The van der Waals surface area contributed by atoms with Gasteiger partial charge in [0, 0.05) is 11.3 Å². The van der Waals surface area contributed by atoms with Crippen LogP contribution >= 0.6 is 11.3 Å². The summed E-state index contributed by atoms with van der Waals surface area (Å²) in [6, 6.07) is 6.62. The van der Waals surface area contributed by atoms with Crippen LogP contribution in [-0.4, -0.2) is 26.3 Å². The van der Waals surface area contributed by atoms with Crippen molar-refractivity contribution in [2.24, 2.45) is 5.92 Å². The summed E-state index contributed by atoms with van der Waals surface area (Å²) in [6.45, 7) is 3.67. The van der Waals surface area contributed by atoms with Crippen LogP contribution in [0.25, 0.3) is 11.0 Å². The molecule has 12 heteroatoms. The minimum absolute atomic E-state index is 0.0827. The van der Waals surface area contributed by atoms with Crippen LogP contribution < -0.4 is 10.6 Å². The molecule has 8 nitrogen and oxygen atoms in total. The number of halogens is 3. The summed E-state index contributed by atoms with van der Waals surface area (Å²) < 4.78 is 46.4. The Morgan fingerprint density at radius 2 is 1.97 bits per heavy atom. The van der Waals surface area contributed by atoms with E-state index in [-0.39, 0.29) is 36.3 Å². The smallest absolute Gasteiger partial charge is 0.416 e. The highest BCUT2D eigenvalue weighted by Crippen LogP contribution is 2.32. The van der Waals surface area contributed by atoms with Crippen molar-refractivity contribution in [1.82, 2.24) is 14.5 Å². The second-order valence-electron chi connectivity index (χ2n) is 7.82. The third-order valence-corrected chi connectivity index (χ3v) is 5.68. The maximum absolute atomic E-state index is 13.2. The summed E-state index contributed by atoms with van der Waals surface area (Å²) in [6.07, 6.45) is -3.14. The number of fused-ring (bicyclic) bond motifs is 1. The zero-order valence-electron chi connectivity index (χ0n) is 18.1. The first-order chi connectivity index (χ1) is 16.1. The maximum Gasteiger partial charge on any atom is 0.416 e. The quantitative estimate of drug-likeness (QED) is 0.382. The van der Waals surface area contributed by atoms with Gasteiger partial charge < -0.3 is 14.3 Å². The highest BCUT2D eigenvalue weighted by Gasteiger charge is 2.31. The molecule has 0 spiro atoms. The molecule has 0 fully saturated rings. The number of benzene rings is 1. The molecule has 0 saturated carbocycles. The molecule has 2 N–H and O–H groups in total. The summed E-state index contributed by atoms with van der Waals surface area (Å²) in [5.41, 5.74) is 0.102. The molecule has 0 saturated heterocycles. The lowest BCUT2D eigenvalue weighted by atomic mass is 10.2. The van der Waals surface area contributed by atoms with Gasteiger partial charge in [-0.05, 0) is 30.3 Å². The van der Waals surface area contributed by atoms with Gasteiger partial charge in [0.15, 0.2) is 5.13 Å². The molecular formula is C22H20F3N5O3S. The van der Waals surface area contributed by atoms with E-state index in [4.69, 9.17) is 4.42 Å². The van der Waals surface area contributed by atoms with Gasteiger partial charge in [0.25, 0.3) is 0 Å². The number of aromatic nitrogens is 3. The van der Waals surface area contributed by atoms with E-state index in [0.29, 0.717) is 22.1 Å². The first-order valence-corrected chi connectivity index (χ1v) is 11.1. The Morgan fingerprint density at radius 1 is 1.18 bits per heavy atom. The highest BCUT2D eigenvalue weighted by molar-refractivity contribution is 7.13. The van der Waals surface area contributed by atoms with Crippen LogP contribution in [0, 0.1) is 5.92 Å². The predicted octanol–water partition coefficient (Wildman–Crippen LogP) is 4.93. The number of hydrogen-bond acceptors (Lipinski definition) is 6. The molecule has 4 aromatic rings. The van der Waals surface area contributed by atoms with Crippen molar-refractivity contribution >= 4 is 45.3 Å². The maximum atomic E-state index is 13.2. The fraction of sp³-hybridized carbons (Fsp3) is 0.273. The number of imidazole rings is 1. The lowest BCUT2D eigenvalue weighted by Crippen LogP contribution is -2.19. The van der Waals surface area contributed by atoms with Crippen molar-refractivity contribution in [3.05, 3.63) is 59.0 Å². The lowest BCUT2D eigenvalue weighted by Gasteiger charge is -2.09. The van der Waals surface area contributed by atoms with Gasteiger partial charge in [-0.3, -0.25) is 14.9 Å². The van der Waals surface area contributed by atoms with E-state index in [1.165, 1.54) is 23.7 Å². The molecule has 0 aliphatic heterocycles. The van der Waals surface area contributed by atoms with E-state index >= 15 is 0 Å². The van der Waals surface area contributed by atoms with Crippen molar-refractivity contribution in [3.63, 3.8) is 0 Å². The molecule has 34 heavy (non-hydrogen) atoms. The molecular weight excluding hydrogens is 471 g/mol. The summed E-state index contributed by atoms with van der Waals surface area (Å²) in [5.74, 6) is -0.232. The van der Waals surface area contributed by atoms with Gasteiger partial charge in [0.1, 0.15) is 5.76 Å². The Balaban J connectivity index is 1.57. The highest BCUT2D eigenvalue weighted by atomic mass is 32.1. The third-order valence-electron chi connectivity index (χ3n) is 4.87. The van der Waals surface area contributed by atoms with Crippen LogP contribution in [0.4, 0.5) is 24.3 Å². The predicted molar refractivity (Wildman–Crippen MR) is 120 cm³/mol. The van der Waals surface area contributed by atoms with Gasteiger partial charge in [-0.25, -0.2) is 9.97 Å². The second-order valence-corrected chi connectivity index (χ2v) is 8.67. The van der Waals surface area contributed by atoms with Crippen LogP contribution in [-0.2, 0) is 28.7 Å². The summed E-state index contributed by atoms with van der Waals surface area (Å²) >= 11 is 1.19. The molecule has 0 aliphatic carbocycles. The van der Waals surface area contributed by atoms with Gasteiger partial charge in [0.2, 0.25) is 17.8 Å². The Bertz CT molecular complexity index is 1330. The van der Waals surface area contributed by atoms with E-state index < -0.39 is 17.6 Å². The Kier molecular flexibility index (Phi) is 6.42. The molecule has 1 aromatic carbocycles. The molecule has 4 rings (SSSR count). The van der Waals surface area contributed by atoms with Crippen molar-refractivity contribution in [1.29, 1.82) is 0 Å². The largest absolute Gasteiger partial charge is 0.467 e. The molecule has 0 radical (unpaired) electrons. The zero-order valence-corrected chi connectivity index (χ0v) is 19.0. The zero-order chi connectivity index (χ0) is 24.5. The number of hydrogen-bond donors (Lipinski definition) is 2. The fourth-order valence-electron chi connectivity index (χ4n) is 3.15. The fourth-order valence-corrected chi connectivity index (χ4v) is 3.86. The molecule has 0 bridgehead atoms. The Labute approximate surface area is 195 Å². The lowest BCUT2D eigenvalue weighted by molar-refractivity contribution is -0.137. The van der Waals surface area contributed by atoms with Gasteiger partial charge in [-0.15, -0.1) is 11.3 Å². The normalized spacial score (nSPS) is 11.8. The SMILES string of the molecule is CC(C)C(=O)Nc1nc(CC(=O)Nc2nc3cc(C(F)(F)F)ccc3n2Cc2ccco2)cs1. The number of rotatable bonds is 7. The van der Waals surface area contributed by atoms with Crippen LogP contribution in [0.15, 0.2) is 46.4 Å². The van der Waals surface area contributed by atoms with E-state index in [2.05, 4.69) is 20.6 Å². The Hall–Kier alpha value is -3.67. The molecule has 3 aromatic heterocycles. The van der Waals surface area contributed by atoms with Crippen molar-refractivity contribution < 1.29 is 27.2 Å². The number of nitrogens with zero attached hydrogens (tertiary/aromatic N) is 3. The van der Waals surface area contributed by atoms with Crippen LogP contribution in [0.3, 0.4) is 0 Å². The number of alkyl halides is 3. The van der Waals surface area contributed by atoms with Crippen LogP contribution in [0.2, 0.25) is 0 Å². The second kappa shape index (κ2) is 9.29. The number of furan rings is 1. The van der Waals surface area contributed by atoms with Crippen molar-refractivity contribution in [2.75, 3.05) is 10.6 Å². The Morgan fingerprint density at radius 3 is 2.65 bits per heavy atom. The number of amides is 2. The molecule has 0 aliphatic rings. The number of thiazole rings is 1. The van der Waals surface area contributed by atoms with Crippen molar-refractivity contribution in [2.45, 2.75) is 33.0 Å². The monoisotopic (exact) mass is 491 g/mol. The van der Waals surface area contributed by atoms with Crippen LogP contribution in [0.5, 0.6) is 0 Å². The average molecular weight is 491 g/mol. The van der Waals surface area contributed by atoms with Gasteiger partial charge >= 0.3 is 6.18 Å². The van der Waals surface area contributed by atoms with E-state index in [1.807, 2.05) is 0 Å². The number of carbonyl (C=O) groups excluding carboxylic acids is 2. The summed E-state index contributed by atoms with van der Waals surface area (Å²) in [5, 5.41) is 7.36. The topological polar surface area (TPSA) is 102 Å². The number of carbonyl (C=O) groups is 2. The number of nitrogens with one attached hydrogen (secondary N) is 2. The van der Waals surface area contributed by atoms with Gasteiger partial charge in [0.05, 0.1) is 41.5 Å². The minimum Gasteiger partial charge on any atom is -0.467 e. The molecule has 3 heterocycles. The van der Waals surface area contributed by atoms with E-state index in [1.54, 1.807) is 35.9 Å². The third kappa shape index (κ3) is 5.28. The van der Waals surface area contributed by atoms with Crippen molar-refractivity contribution in [3.8, 4) is 0 Å². The van der Waals surface area contributed by atoms with Crippen LogP contribution in [0.1, 0.15) is 30.9 Å². The standard InChI is InChI=1S/C22H20F3N5O3S/c1-12(2)19(32)29-21-26-14(11-34-21)9-18(31)28-20-27-16-8-13(22(23,24)25)5-6-17(16)30(20)10-15-4-3-7-33-15/h3-8,11-12H,9-10H2,1-2H3,(H,26,29,32)(H,27,28,31). The first-order valence-electron chi connectivity index (χ1n) is 10.2. The van der Waals surface area contributed by atoms with E-state index in [9.17, 15) is 22.8 Å². The molecule has 178 valence electrons. The van der Waals surface area contributed by atoms with Gasteiger partial charge in [-0.1, -0.05) is 13.8 Å². The average Bonchev–Trinajstić information content (AvgIpc) is 3.49. The summed E-state index contributed by atoms with van der Waals surface area (Å²) in [7, 11) is 0. The summed E-state index contributed by atoms with van der Waals surface area (Å²) in [4.78, 5) is 33.0. The molecule has 2 amide bonds. The number of anilines is 2. The molecule has 0 atom stereocenters. The van der Waals surface area contributed by atoms with E-state index in [0.717, 1.165) is 12.1 Å². The minimum atomic E-state index is -4.52. The first kappa shape index (κ1) is 23.5. The molecule has 0 unspecified atom stereocenters. The van der Waals surface area contributed by atoms with Gasteiger partial charge in [-0.2, -0.15) is 13.2 Å².